The van der Waals surface area contributed by atoms with Gasteiger partial charge in [0.15, 0.2) is 0 Å². The molecule has 0 aliphatic carbocycles. The van der Waals surface area contributed by atoms with Gasteiger partial charge in [-0.2, -0.15) is 0 Å². The molecule has 0 aliphatic rings. The van der Waals surface area contributed by atoms with Gasteiger partial charge in [-0.05, 0) is 12.8 Å². The van der Waals surface area contributed by atoms with Crippen molar-refractivity contribution in [1.29, 1.82) is 0 Å². The minimum atomic E-state index is -0.612. The molecule has 1 atom stereocenters. The summed E-state index contributed by atoms with van der Waals surface area (Å²) in [6, 6.07) is 0. The molecule has 0 amide bonds. The van der Waals surface area contributed by atoms with Crippen molar-refractivity contribution in [2.24, 2.45) is 5.92 Å². The third-order valence-corrected chi connectivity index (χ3v) is 2.12. The molecule has 0 saturated heterocycles. The van der Waals surface area contributed by atoms with Crippen LogP contribution >= 0.6 is 0 Å². The lowest BCUT2D eigenvalue weighted by atomic mass is 10.1. The summed E-state index contributed by atoms with van der Waals surface area (Å²) in [5.74, 6) is -0.976. The normalized spacial score (nSPS) is 11.9. The summed E-state index contributed by atoms with van der Waals surface area (Å²) in [5, 5.41) is 0. The highest BCUT2D eigenvalue weighted by molar-refractivity contribution is 5.88. The van der Waals surface area contributed by atoms with Gasteiger partial charge in [-0.15, -0.1) is 0 Å². The smallest absolute Gasteiger partial charge is 0.313 e. The van der Waals surface area contributed by atoms with Crippen molar-refractivity contribution in [2.75, 3.05) is 0 Å². The molecule has 4 nitrogen and oxygen atoms in total. The maximum atomic E-state index is 11.1. The molecule has 0 rings (SSSR count). The quantitative estimate of drug-likeness (QED) is 0.500. The zero-order valence-electron chi connectivity index (χ0n) is 9.54. The van der Waals surface area contributed by atoms with Crippen LogP contribution in [0.5, 0.6) is 0 Å². The van der Waals surface area contributed by atoms with E-state index in [-0.39, 0.29) is 31.0 Å². The summed E-state index contributed by atoms with van der Waals surface area (Å²) in [6.45, 7) is 5.28. The van der Waals surface area contributed by atoms with Gasteiger partial charge in [-0.3, -0.25) is 9.59 Å². The average Bonchev–Trinajstić information content (AvgIpc) is 2.14. The minimum absolute atomic E-state index is 0.0123. The van der Waals surface area contributed by atoms with Crippen molar-refractivity contribution in [1.82, 2.24) is 0 Å². The molecule has 1 unspecified atom stereocenters. The van der Waals surface area contributed by atoms with Crippen molar-refractivity contribution in [3.8, 4) is 0 Å². The number of esters is 2. The van der Waals surface area contributed by atoms with Gasteiger partial charge in [-0.25, -0.2) is 0 Å². The van der Waals surface area contributed by atoms with Crippen molar-refractivity contribution in [3.05, 3.63) is 0 Å². The summed E-state index contributed by atoms with van der Waals surface area (Å²) in [6.07, 6.45) is 1.25. The lowest BCUT2D eigenvalue weighted by Gasteiger charge is -2.06. The second kappa shape index (κ2) is 7.15. The van der Waals surface area contributed by atoms with Gasteiger partial charge in [0.05, 0.1) is 6.42 Å². The Kier molecular flexibility index (Phi) is 6.58. The molecule has 0 heterocycles. The van der Waals surface area contributed by atoms with Crippen molar-refractivity contribution < 1.29 is 19.1 Å². The lowest BCUT2D eigenvalue weighted by Crippen LogP contribution is -2.15. The van der Waals surface area contributed by atoms with Gasteiger partial charge in [0, 0.05) is 12.8 Å². The summed E-state index contributed by atoms with van der Waals surface area (Å²) < 4.78 is 4.54. The molecule has 0 aromatic carbocycles. The van der Waals surface area contributed by atoms with Gasteiger partial charge < -0.3 is 9.53 Å². The molecule has 0 fully saturated rings. The van der Waals surface area contributed by atoms with Crippen LogP contribution in [0.3, 0.4) is 0 Å². The van der Waals surface area contributed by atoms with Crippen LogP contribution in [0.4, 0.5) is 0 Å². The molecular formula is C11H18O4. The SMILES string of the molecule is CCC(C)CC(=O)OC(=O)CCC(C)=O. The Morgan fingerprint density at radius 2 is 1.73 bits per heavy atom. The van der Waals surface area contributed by atoms with Gasteiger partial charge in [-0.1, -0.05) is 20.3 Å². The van der Waals surface area contributed by atoms with E-state index in [9.17, 15) is 14.4 Å². The Morgan fingerprint density at radius 1 is 1.13 bits per heavy atom. The minimum Gasteiger partial charge on any atom is -0.393 e. The van der Waals surface area contributed by atoms with E-state index in [2.05, 4.69) is 4.74 Å². The van der Waals surface area contributed by atoms with E-state index < -0.39 is 11.9 Å². The number of carbonyl (C=O) groups excluding carboxylic acids is 3. The number of ether oxygens (including phenoxy) is 1. The van der Waals surface area contributed by atoms with Crippen LogP contribution < -0.4 is 0 Å². The van der Waals surface area contributed by atoms with Crippen molar-refractivity contribution in [3.63, 3.8) is 0 Å². The highest BCUT2D eigenvalue weighted by Gasteiger charge is 2.13. The first-order chi connectivity index (χ1) is 6.95. The number of ketones is 1. The van der Waals surface area contributed by atoms with Crippen LogP contribution in [0.1, 0.15) is 46.5 Å². The van der Waals surface area contributed by atoms with E-state index >= 15 is 0 Å². The molecule has 0 spiro atoms. The van der Waals surface area contributed by atoms with Crippen LogP contribution in [-0.2, 0) is 19.1 Å². The van der Waals surface area contributed by atoms with Gasteiger partial charge in [0.25, 0.3) is 0 Å². The molecule has 4 heteroatoms. The Morgan fingerprint density at radius 3 is 2.20 bits per heavy atom. The molecule has 0 aromatic heterocycles. The monoisotopic (exact) mass is 214 g/mol. The Balaban J connectivity index is 3.76. The van der Waals surface area contributed by atoms with Gasteiger partial charge in [0.2, 0.25) is 0 Å². The van der Waals surface area contributed by atoms with Crippen LogP contribution in [-0.4, -0.2) is 17.7 Å². The highest BCUT2D eigenvalue weighted by Crippen LogP contribution is 2.08. The summed E-state index contributed by atoms with van der Waals surface area (Å²) in [4.78, 5) is 32.7. The molecule has 0 aromatic rings. The van der Waals surface area contributed by atoms with Crippen LogP contribution in [0, 0.1) is 5.92 Å². The zero-order valence-corrected chi connectivity index (χ0v) is 9.54. The highest BCUT2D eigenvalue weighted by atomic mass is 16.6. The molecule has 0 radical (unpaired) electrons. The topological polar surface area (TPSA) is 60.4 Å². The zero-order chi connectivity index (χ0) is 11.8. The fourth-order valence-corrected chi connectivity index (χ4v) is 0.927. The summed E-state index contributed by atoms with van der Waals surface area (Å²) in [7, 11) is 0. The largest absolute Gasteiger partial charge is 0.393 e. The first-order valence-electron chi connectivity index (χ1n) is 5.18. The third-order valence-electron chi connectivity index (χ3n) is 2.12. The summed E-state index contributed by atoms with van der Waals surface area (Å²) in [5.41, 5.74) is 0. The van der Waals surface area contributed by atoms with E-state index in [1.54, 1.807) is 0 Å². The molecule has 0 N–H and O–H groups in total. The fraction of sp³-hybridized carbons (Fsp3) is 0.727. The van der Waals surface area contributed by atoms with Crippen LogP contribution in [0.25, 0.3) is 0 Å². The number of Topliss-reactive ketones (excluding diaryl/α,β-unsaturated/α-hetero) is 1. The lowest BCUT2D eigenvalue weighted by molar-refractivity contribution is -0.160. The number of carbonyl (C=O) groups is 3. The standard InChI is InChI=1S/C11H18O4/c1-4-8(2)7-11(14)15-10(13)6-5-9(3)12/h8H,4-7H2,1-3H3. The second-order valence-corrected chi connectivity index (χ2v) is 3.77. The predicted octanol–water partition coefficient (Wildman–Crippen LogP) is 1.86. The van der Waals surface area contributed by atoms with Gasteiger partial charge in [0.1, 0.15) is 5.78 Å². The van der Waals surface area contributed by atoms with Crippen LogP contribution in [0.2, 0.25) is 0 Å². The number of hydrogen-bond donors (Lipinski definition) is 0. The van der Waals surface area contributed by atoms with Crippen LogP contribution in [0.15, 0.2) is 0 Å². The number of hydrogen-bond acceptors (Lipinski definition) is 4. The Hall–Kier alpha value is -1.19. The summed E-state index contributed by atoms with van der Waals surface area (Å²) >= 11 is 0. The van der Waals surface area contributed by atoms with E-state index in [1.807, 2.05) is 13.8 Å². The Bertz CT molecular complexity index is 245. The number of rotatable bonds is 6. The first kappa shape index (κ1) is 13.8. The van der Waals surface area contributed by atoms with E-state index in [4.69, 9.17) is 0 Å². The van der Waals surface area contributed by atoms with E-state index in [0.717, 1.165) is 6.42 Å². The maximum absolute atomic E-state index is 11.1. The van der Waals surface area contributed by atoms with Crippen molar-refractivity contribution >= 4 is 17.7 Å². The molecule has 0 saturated carbocycles. The van der Waals surface area contributed by atoms with Gasteiger partial charge >= 0.3 is 11.9 Å². The van der Waals surface area contributed by atoms with E-state index in [1.165, 1.54) is 6.92 Å². The fourth-order valence-electron chi connectivity index (χ4n) is 0.927. The molecular weight excluding hydrogens is 196 g/mol. The molecule has 0 aliphatic heterocycles. The van der Waals surface area contributed by atoms with E-state index in [0.29, 0.717) is 0 Å². The average molecular weight is 214 g/mol. The van der Waals surface area contributed by atoms with Crippen molar-refractivity contribution in [2.45, 2.75) is 46.5 Å². The second-order valence-electron chi connectivity index (χ2n) is 3.77. The molecule has 15 heavy (non-hydrogen) atoms. The maximum Gasteiger partial charge on any atom is 0.313 e. The first-order valence-corrected chi connectivity index (χ1v) is 5.18. The molecule has 86 valence electrons. The Labute approximate surface area is 90.0 Å². The molecule has 0 bridgehead atoms. The third kappa shape index (κ3) is 7.85. The predicted molar refractivity (Wildman–Crippen MR) is 55.1 cm³/mol.